The molecule has 0 saturated carbocycles. The van der Waals surface area contributed by atoms with Gasteiger partial charge in [-0.05, 0) is 48.9 Å². The van der Waals surface area contributed by atoms with Crippen LogP contribution in [0.15, 0.2) is 89.7 Å². The fourth-order valence-corrected chi connectivity index (χ4v) is 3.73. The fourth-order valence-electron chi connectivity index (χ4n) is 3.73. The van der Waals surface area contributed by atoms with E-state index in [2.05, 4.69) is 10.6 Å². The number of carbonyl (C=O) groups is 2. The van der Waals surface area contributed by atoms with Gasteiger partial charge in [-0.3, -0.25) is 29.2 Å². The summed E-state index contributed by atoms with van der Waals surface area (Å²) < 4.78 is 3.13. The lowest BCUT2D eigenvalue weighted by molar-refractivity contribution is -0.384. The summed E-state index contributed by atoms with van der Waals surface area (Å²) in [5, 5.41) is 16.3. The van der Waals surface area contributed by atoms with E-state index in [1.807, 2.05) is 18.2 Å². The van der Waals surface area contributed by atoms with Gasteiger partial charge in [0.1, 0.15) is 5.69 Å². The van der Waals surface area contributed by atoms with Crippen LogP contribution in [0.25, 0.3) is 11.8 Å². The Bertz CT molecular complexity index is 1580. The average Bonchev–Trinajstić information content (AvgIpc) is 3.11. The molecule has 1 aromatic heterocycles. The number of nitro benzene ring substituents is 1. The molecule has 0 atom stereocenters. The lowest BCUT2D eigenvalue weighted by Gasteiger charge is -2.07. The molecule has 10 nitrogen and oxygen atoms in total. The van der Waals surface area contributed by atoms with E-state index in [4.69, 9.17) is 0 Å². The number of hydrogen-bond acceptors (Lipinski definition) is 5. The number of hydrogen-bond donors (Lipinski definition) is 2. The van der Waals surface area contributed by atoms with Crippen LogP contribution in [0, 0.1) is 17.0 Å². The molecule has 0 spiro atoms. The maximum absolute atomic E-state index is 13.1. The van der Waals surface area contributed by atoms with E-state index in [0.29, 0.717) is 22.6 Å². The molecule has 0 unspecified atom stereocenters. The summed E-state index contributed by atoms with van der Waals surface area (Å²) in [5.74, 6) is -0.983. The van der Waals surface area contributed by atoms with Gasteiger partial charge in [0.15, 0.2) is 0 Å². The molecule has 0 aliphatic rings. The SMILES string of the molecule is Cc1c(NC(=O)c2cccc(NC(=O)/C=C/c3cccc([N+](=O)[O-])c3)c2)c(=O)n(-c2ccccc2)n1C. The Kier molecular flexibility index (Phi) is 7.10. The first-order valence-electron chi connectivity index (χ1n) is 11.2. The molecule has 37 heavy (non-hydrogen) atoms. The normalized spacial score (nSPS) is 10.9. The minimum Gasteiger partial charge on any atom is -0.322 e. The molecule has 0 radical (unpaired) electrons. The van der Waals surface area contributed by atoms with E-state index >= 15 is 0 Å². The number of para-hydroxylation sites is 1. The minimum atomic E-state index is -0.512. The first-order chi connectivity index (χ1) is 17.7. The van der Waals surface area contributed by atoms with Crippen LogP contribution in [0.3, 0.4) is 0 Å². The standard InChI is InChI=1S/C27H23N5O5/c1-18-25(27(35)31(30(18)2)22-11-4-3-5-12-22)29-26(34)20-9-7-10-21(17-20)28-24(33)15-14-19-8-6-13-23(16-19)32(36)37/h3-17H,1-2H3,(H,28,33)(H,29,34)/b15-14+. The Morgan fingerprint density at radius 2 is 1.68 bits per heavy atom. The highest BCUT2D eigenvalue weighted by Gasteiger charge is 2.19. The number of anilines is 2. The second-order valence-electron chi connectivity index (χ2n) is 8.15. The fraction of sp³-hybridized carbons (Fsp3) is 0.0741. The van der Waals surface area contributed by atoms with Crippen molar-refractivity contribution >= 4 is 35.0 Å². The monoisotopic (exact) mass is 497 g/mol. The first-order valence-corrected chi connectivity index (χ1v) is 11.2. The van der Waals surface area contributed by atoms with Gasteiger partial charge in [0.05, 0.1) is 16.3 Å². The molecule has 2 N–H and O–H groups in total. The van der Waals surface area contributed by atoms with Crippen LogP contribution in [0.1, 0.15) is 21.6 Å². The average molecular weight is 498 g/mol. The molecular formula is C27H23N5O5. The van der Waals surface area contributed by atoms with Crippen molar-refractivity contribution in [2.45, 2.75) is 6.92 Å². The van der Waals surface area contributed by atoms with Gasteiger partial charge in [0.25, 0.3) is 17.2 Å². The number of benzene rings is 3. The molecule has 0 bridgehead atoms. The molecule has 0 aliphatic heterocycles. The van der Waals surface area contributed by atoms with Crippen molar-refractivity contribution in [3.63, 3.8) is 0 Å². The summed E-state index contributed by atoms with van der Waals surface area (Å²) in [6.07, 6.45) is 2.69. The molecule has 10 heteroatoms. The van der Waals surface area contributed by atoms with Gasteiger partial charge >= 0.3 is 0 Å². The summed E-state index contributed by atoms with van der Waals surface area (Å²) in [7, 11) is 1.73. The Hall–Kier alpha value is -5.25. The van der Waals surface area contributed by atoms with Crippen molar-refractivity contribution in [2.75, 3.05) is 10.6 Å². The van der Waals surface area contributed by atoms with E-state index in [-0.39, 0.29) is 22.5 Å². The predicted octanol–water partition coefficient (Wildman–Crippen LogP) is 4.30. The third-order valence-corrected chi connectivity index (χ3v) is 5.69. The third kappa shape index (κ3) is 5.54. The molecule has 186 valence electrons. The number of rotatable bonds is 7. The molecule has 1 heterocycles. The topological polar surface area (TPSA) is 128 Å². The lowest BCUT2D eigenvalue weighted by atomic mass is 10.1. The van der Waals surface area contributed by atoms with Crippen LogP contribution < -0.4 is 16.2 Å². The number of nitro groups is 1. The molecule has 0 aliphatic carbocycles. The van der Waals surface area contributed by atoms with E-state index in [1.165, 1.54) is 41.1 Å². The molecule has 3 aromatic carbocycles. The van der Waals surface area contributed by atoms with E-state index < -0.39 is 16.7 Å². The maximum Gasteiger partial charge on any atom is 0.295 e. The predicted molar refractivity (Wildman–Crippen MR) is 141 cm³/mol. The number of nitrogens with one attached hydrogen (secondary N) is 2. The molecule has 4 aromatic rings. The van der Waals surface area contributed by atoms with Gasteiger partial charge in [-0.25, -0.2) is 4.68 Å². The molecule has 0 fully saturated rings. The van der Waals surface area contributed by atoms with Gasteiger partial charge in [0.2, 0.25) is 5.91 Å². The van der Waals surface area contributed by atoms with Crippen molar-refractivity contribution in [1.29, 1.82) is 0 Å². The van der Waals surface area contributed by atoms with Crippen LogP contribution >= 0.6 is 0 Å². The van der Waals surface area contributed by atoms with Crippen LogP contribution in [0.2, 0.25) is 0 Å². The highest BCUT2D eigenvalue weighted by molar-refractivity contribution is 6.06. The van der Waals surface area contributed by atoms with Gasteiger partial charge in [-0.1, -0.05) is 36.4 Å². The second kappa shape index (κ2) is 10.6. The van der Waals surface area contributed by atoms with Crippen LogP contribution in [-0.4, -0.2) is 26.1 Å². The lowest BCUT2D eigenvalue weighted by Crippen LogP contribution is -2.23. The summed E-state index contributed by atoms with van der Waals surface area (Å²) in [6, 6.07) is 21.2. The number of aromatic nitrogens is 2. The van der Waals surface area contributed by atoms with Crippen LogP contribution in [0.5, 0.6) is 0 Å². The van der Waals surface area contributed by atoms with Gasteiger partial charge in [-0.2, -0.15) is 0 Å². The maximum atomic E-state index is 13.1. The highest BCUT2D eigenvalue weighted by Crippen LogP contribution is 2.18. The zero-order valence-corrected chi connectivity index (χ0v) is 20.0. The van der Waals surface area contributed by atoms with E-state index in [9.17, 15) is 24.5 Å². The number of carbonyl (C=O) groups excluding carboxylic acids is 2. The van der Waals surface area contributed by atoms with Crippen molar-refractivity contribution in [2.24, 2.45) is 7.05 Å². The zero-order valence-electron chi connectivity index (χ0n) is 20.0. The summed E-state index contributed by atoms with van der Waals surface area (Å²) in [4.78, 5) is 48.8. The van der Waals surface area contributed by atoms with Crippen molar-refractivity contribution in [3.05, 3.63) is 122 Å². The van der Waals surface area contributed by atoms with Crippen LogP contribution in [0.4, 0.5) is 17.1 Å². The van der Waals surface area contributed by atoms with Crippen LogP contribution in [-0.2, 0) is 11.8 Å². The van der Waals surface area contributed by atoms with E-state index in [1.54, 1.807) is 55.1 Å². The zero-order chi connectivity index (χ0) is 26.5. The number of amides is 2. The Labute approximate surface area is 211 Å². The largest absolute Gasteiger partial charge is 0.322 e. The molecule has 4 rings (SSSR count). The van der Waals surface area contributed by atoms with Gasteiger partial charge < -0.3 is 10.6 Å². The highest BCUT2D eigenvalue weighted by atomic mass is 16.6. The summed E-state index contributed by atoms with van der Waals surface area (Å²) in [6.45, 7) is 1.74. The second-order valence-corrected chi connectivity index (χ2v) is 8.15. The minimum absolute atomic E-state index is 0.0783. The Balaban J connectivity index is 1.48. The Morgan fingerprint density at radius 1 is 0.946 bits per heavy atom. The van der Waals surface area contributed by atoms with Gasteiger partial charge in [-0.15, -0.1) is 0 Å². The molecule has 2 amide bonds. The first kappa shape index (κ1) is 24.9. The number of nitrogens with zero attached hydrogens (tertiary/aromatic N) is 3. The quantitative estimate of drug-likeness (QED) is 0.224. The molecular weight excluding hydrogens is 474 g/mol. The van der Waals surface area contributed by atoms with Crippen molar-refractivity contribution < 1.29 is 14.5 Å². The number of non-ortho nitro benzene ring substituents is 1. The van der Waals surface area contributed by atoms with Crippen molar-refractivity contribution in [3.8, 4) is 5.69 Å². The Morgan fingerprint density at radius 3 is 2.41 bits per heavy atom. The molecule has 0 saturated heterocycles. The summed E-state index contributed by atoms with van der Waals surface area (Å²) in [5.41, 5.74) is 2.07. The van der Waals surface area contributed by atoms with E-state index in [0.717, 1.165) is 0 Å². The third-order valence-electron chi connectivity index (χ3n) is 5.69. The van der Waals surface area contributed by atoms with Crippen molar-refractivity contribution in [1.82, 2.24) is 9.36 Å². The smallest absolute Gasteiger partial charge is 0.295 e. The summed E-state index contributed by atoms with van der Waals surface area (Å²) >= 11 is 0. The van der Waals surface area contributed by atoms with Gasteiger partial charge in [0, 0.05) is 36.5 Å².